The molecular weight excluding hydrogens is 520 g/mol. The smallest absolute Gasteiger partial charge is 0.239 e. The van der Waals surface area contributed by atoms with E-state index >= 15 is 0 Å². The van der Waals surface area contributed by atoms with Crippen molar-refractivity contribution in [2.24, 2.45) is 16.8 Å². The zero-order chi connectivity index (χ0) is 28.4. The number of benzene rings is 5. The van der Waals surface area contributed by atoms with Gasteiger partial charge in [0.15, 0.2) is 0 Å². The number of fused-ring (bicyclic) bond motifs is 1. The molecule has 0 unspecified atom stereocenters. The number of aliphatic imine (C=N–C) groups is 1. The number of amides is 2. The van der Waals surface area contributed by atoms with Gasteiger partial charge in [-0.3, -0.25) is 14.6 Å². The van der Waals surface area contributed by atoms with Gasteiger partial charge in [0.25, 0.3) is 0 Å². The molecule has 3 aliphatic carbocycles. The molecule has 2 bridgehead atoms. The molecule has 1 aliphatic heterocycles. The van der Waals surface area contributed by atoms with Gasteiger partial charge in [-0.25, -0.2) is 4.90 Å². The van der Waals surface area contributed by atoms with Crippen LogP contribution in [0.4, 0.5) is 11.4 Å². The Hall–Kier alpha value is -5.03. The molecule has 0 aromatic heterocycles. The first kappa shape index (κ1) is 24.7. The number of rotatable bonds is 5. The molecule has 0 radical (unpaired) electrons. The lowest BCUT2D eigenvalue weighted by Gasteiger charge is -2.52. The van der Waals surface area contributed by atoms with Crippen LogP contribution < -0.4 is 9.64 Å². The Bertz CT molecular complexity index is 1870. The quantitative estimate of drug-likeness (QED) is 0.173. The zero-order valence-corrected chi connectivity index (χ0v) is 23.1. The van der Waals surface area contributed by atoms with E-state index in [0.29, 0.717) is 12.3 Å². The highest BCUT2D eigenvalue weighted by Gasteiger charge is 2.68. The second-order valence-corrected chi connectivity index (χ2v) is 11.2. The molecule has 1 heterocycles. The summed E-state index contributed by atoms with van der Waals surface area (Å²) >= 11 is 0. The van der Waals surface area contributed by atoms with Gasteiger partial charge >= 0.3 is 0 Å². The lowest BCUT2D eigenvalue weighted by molar-refractivity contribution is -0.122. The average molecular weight is 549 g/mol. The van der Waals surface area contributed by atoms with Crippen molar-refractivity contribution in [1.29, 1.82) is 0 Å². The van der Waals surface area contributed by atoms with Crippen molar-refractivity contribution in [3.63, 3.8) is 0 Å². The molecule has 9 rings (SSSR count). The molecule has 1 fully saturated rings. The topological polar surface area (TPSA) is 59.0 Å². The number of anilines is 1. The highest BCUT2D eigenvalue weighted by Crippen LogP contribution is 2.64. The van der Waals surface area contributed by atoms with Gasteiger partial charge in [0, 0.05) is 17.5 Å². The molecule has 0 spiro atoms. The second kappa shape index (κ2) is 9.25. The predicted molar refractivity (Wildman–Crippen MR) is 165 cm³/mol. The molecule has 4 aliphatic rings. The summed E-state index contributed by atoms with van der Waals surface area (Å²) in [6.45, 7) is 2.55. The third-order valence-corrected chi connectivity index (χ3v) is 9.26. The minimum atomic E-state index is -0.905. The van der Waals surface area contributed by atoms with Crippen LogP contribution in [0.1, 0.15) is 35.1 Å². The number of carbonyl (C=O) groups excluding carboxylic acids is 2. The Labute approximate surface area is 244 Å². The van der Waals surface area contributed by atoms with E-state index in [1.165, 1.54) is 4.90 Å². The van der Waals surface area contributed by atoms with E-state index in [1.807, 2.05) is 104 Å². The summed E-state index contributed by atoms with van der Waals surface area (Å²) in [6, 6.07) is 37.9. The molecule has 42 heavy (non-hydrogen) atoms. The van der Waals surface area contributed by atoms with E-state index < -0.39 is 17.3 Å². The molecular formula is C37H28N2O3. The largest absolute Gasteiger partial charge is 0.494 e. The summed E-state index contributed by atoms with van der Waals surface area (Å²) in [7, 11) is 0. The molecule has 2 amide bonds. The summed E-state index contributed by atoms with van der Waals surface area (Å²) < 4.78 is 5.62. The fourth-order valence-electron chi connectivity index (χ4n) is 7.66. The van der Waals surface area contributed by atoms with Crippen LogP contribution >= 0.6 is 0 Å². The third-order valence-electron chi connectivity index (χ3n) is 9.26. The molecule has 0 saturated carbocycles. The number of carbonyl (C=O) groups is 2. The van der Waals surface area contributed by atoms with Crippen molar-refractivity contribution >= 4 is 40.2 Å². The molecule has 5 nitrogen and oxygen atoms in total. The Kier molecular flexibility index (Phi) is 5.45. The maximum absolute atomic E-state index is 14.8. The number of imide groups is 1. The van der Waals surface area contributed by atoms with Gasteiger partial charge in [-0.15, -0.1) is 0 Å². The molecule has 2 atom stereocenters. The van der Waals surface area contributed by atoms with Crippen molar-refractivity contribution in [2.75, 3.05) is 11.5 Å². The second-order valence-electron chi connectivity index (χ2n) is 11.2. The van der Waals surface area contributed by atoms with Gasteiger partial charge in [0.05, 0.1) is 35.2 Å². The first-order valence-corrected chi connectivity index (χ1v) is 14.5. The molecule has 204 valence electrons. The summed E-state index contributed by atoms with van der Waals surface area (Å²) in [5.41, 5.74) is 4.78. The summed E-state index contributed by atoms with van der Waals surface area (Å²) in [5.74, 6) is -0.897. The first-order chi connectivity index (χ1) is 20.6. The lowest BCUT2D eigenvalue weighted by atomic mass is 9.47. The zero-order valence-electron chi connectivity index (χ0n) is 23.1. The number of hydrogen-bond acceptors (Lipinski definition) is 4. The highest BCUT2D eigenvalue weighted by atomic mass is 16.5. The van der Waals surface area contributed by atoms with Crippen LogP contribution in [-0.4, -0.2) is 24.6 Å². The van der Waals surface area contributed by atoms with Crippen LogP contribution in [0.2, 0.25) is 0 Å². The van der Waals surface area contributed by atoms with Crippen LogP contribution in [0, 0.1) is 11.8 Å². The van der Waals surface area contributed by atoms with Gasteiger partial charge in [0.1, 0.15) is 5.75 Å². The van der Waals surface area contributed by atoms with E-state index in [4.69, 9.17) is 9.73 Å². The van der Waals surface area contributed by atoms with Crippen LogP contribution in [0.15, 0.2) is 120 Å². The minimum absolute atomic E-state index is 0.144. The maximum Gasteiger partial charge on any atom is 0.239 e. The van der Waals surface area contributed by atoms with Crippen LogP contribution in [0.3, 0.4) is 0 Å². The average Bonchev–Trinajstić information content (AvgIpc) is 3.31. The van der Waals surface area contributed by atoms with Crippen molar-refractivity contribution in [2.45, 2.75) is 18.3 Å². The molecule has 1 saturated heterocycles. The van der Waals surface area contributed by atoms with Crippen LogP contribution in [0.25, 0.3) is 10.8 Å². The number of nitrogens with zero attached hydrogens (tertiary/aromatic N) is 2. The summed E-state index contributed by atoms with van der Waals surface area (Å²) in [6.07, 6.45) is 1.94. The lowest BCUT2D eigenvalue weighted by Crippen LogP contribution is -2.54. The van der Waals surface area contributed by atoms with Gasteiger partial charge in [-0.1, -0.05) is 84.9 Å². The van der Waals surface area contributed by atoms with E-state index in [-0.39, 0.29) is 17.7 Å². The molecule has 0 N–H and O–H groups in total. The molecule has 5 aromatic rings. The van der Waals surface area contributed by atoms with E-state index in [2.05, 4.69) is 24.3 Å². The van der Waals surface area contributed by atoms with Crippen LogP contribution in [0.5, 0.6) is 5.75 Å². The van der Waals surface area contributed by atoms with Crippen molar-refractivity contribution < 1.29 is 14.3 Å². The van der Waals surface area contributed by atoms with E-state index in [9.17, 15) is 9.59 Å². The van der Waals surface area contributed by atoms with Crippen molar-refractivity contribution in [1.82, 2.24) is 0 Å². The molecule has 5 heteroatoms. The van der Waals surface area contributed by atoms with Gasteiger partial charge < -0.3 is 4.74 Å². The fourth-order valence-corrected chi connectivity index (χ4v) is 7.66. The van der Waals surface area contributed by atoms with Crippen LogP contribution in [-0.2, 0) is 15.0 Å². The molecule has 5 aromatic carbocycles. The van der Waals surface area contributed by atoms with Crippen molar-refractivity contribution in [3.8, 4) is 5.75 Å². The van der Waals surface area contributed by atoms with E-state index in [1.54, 1.807) is 0 Å². The van der Waals surface area contributed by atoms with Gasteiger partial charge in [-0.2, -0.15) is 0 Å². The highest BCUT2D eigenvalue weighted by molar-refractivity contribution is 6.27. The van der Waals surface area contributed by atoms with Crippen molar-refractivity contribution in [3.05, 3.63) is 138 Å². The van der Waals surface area contributed by atoms with Gasteiger partial charge in [0.2, 0.25) is 11.8 Å². The minimum Gasteiger partial charge on any atom is -0.494 e. The Morgan fingerprint density at radius 1 is 0.762 bits per heavy atom. The summed E-state index contributed by atoms with van der Waals surface area (Å²) in [4.78, 5) is 35.8. The Morgan fingerprint density at radius 2 is 1.40 bits per heavy atom. The first-order valence-electron chi connectivity index (χ1n) is 14.5. The van der Waals surface area contributed by atoms with E-state index in [0.717, 1.165) is 44.5 Å². The maximum atomic E-state index is 14.8. The monoisotopic (exact) mass is 548 g/mol. The fraction of sp³-hybridized carbons (Fsp3) is 0.162. The standard InChI is InChI=1S/C37H28N2O3/c1-2-42-25-20-18-24(19-21-25)38-22-37-29-15-7-5-13-27(29)32(28-14-6-8-16-30(28)37)33-34(37)36(41)39(35(33)40)31-17-9-11-23-10-3-4-12-26(23)31/h3-22,32-34H,2H2,1H3/t32?,33-,34-,37?/m0/s1. The third kappa shape index (κ3) is 3.28. The summed E-state index contributed by atoms with van der Waals surface area (Å²) in [5, 5.41) is 1.88. The number of hydrogen-bond donors (Lipinski definition) is 0. The Morgan fingerprint density at radius 3 is 2.12 bits per heavy atom. The normalized spacial score (nSPS) is 23.7. The number of ether oxygens (including phenoxy) is 1. The SMILES string of the molecule is CCOc1ccc(N=CC23c4ccccc4C(c4ccccc42)[C@@H]2C(=O)N(c4cccc5ccccc45)C(=O)[C@H]23)cc1. The predicted octanol–water partition coefficient (Wildman–Crippen LogP) is 7.19. The van der Waals surface area contributed by atoms with Gasteiger partial charge in [-0.05, 0) is 64.9 Å². The Balaban J connectivity index is 1.36.